The summed E-state index contributed by atoms with van der Waals surface area (Å²) in [5.41, 5.74) is 1.87. The molecular formula is C13H14N4O2. The second-order valence-corrected chi connectivity index (χ2v) is 4.49. The molecule has 0 aliphatic carbocycles. The summed E-state index contributed by atoms with van der Waals surface area (Å²) >= 11 is 0. The molecule has 0 saturated carbocycles. The van der Waals surface area contributed by atoms with Gasteiger partial charge in [0.1, 0.15) is 6.54 Å². The molecule has 6 heteroatoms. The number of aromatic nitrogens is 2. The average molecular weight is 258 g/mol. The van der Waals surface area contributed by atoms with Gasteiger partial charge in [-0.3, -0.25) is 14.8 Å². The molecule has 2 heterocycles. The van der Waals surface area contributed by atoms with E-state index in [1.54, 1.807) is 0 Å². The first-order chi connectivity index (χ1) is 9.19. The van der Waals surface area contributed by atoms with E-state index in [4.69, 9.17) is 0 Å². The molecule has 1 aromatic carbocycles. The normalized spacial score (nSPS) is 15.3. The first-order valence-electron chi connectivity index (χ1n) is 6.22. The molecule has 2 aromatic rings. The van der Waals surface area contributed by atoms with Gasteiger partial charge in [0.25, 0.3) is 0 Å². The van der Waals surface area contributed by atoms with Gasteiger partial charge in [0.05, 0.1) is 17.8 Å². The van der Waals surface area contributed by atoms with E-state index in [0.717, 1.165) is 23.1 Å². The number of imide groups is 1. The summed E-state index contributed by atoms with van der Waals surface area (Å²) in [4.78, 5) is 24.2. The minimum atomic E-state index is -0.347. The summed E-state index contributed by atoms with van der Waals surface area (Å²) in [6.45, 7) is 3.25. The largest absolute Gasteiger partial charge is 0.324 e. The number of carbonyl (C=O) groups excluding carboxylic acids is 2. The minimum Gasteiger partial charge on any atom is -0.309 e. The van der Waals surface area contributed by atoms with Crippen molar-refractivity contribution in [1.29, 1.82) is 0 Å². The van der Waals surface area contributed by atoms with Gasteiger partial charge >= 0.3 is 6.03 Å². The third kappa shape index (κ3) is 1.95. The van der Waals surface area contributed by atoms with Crippen molar-refractivity contribution in [3.05, 3.63) is 30.0 Å². The summed E-state index contributed by atoms with van der Waals surface area (Å²) in [6.07, 6.45) is 0. The number of benzene rings is 1. The first kappa shape index (κ1) is 11.7. The summed E-state index contributed by atoms with van der Waals surface area (Å²) < 4.78 is 1.90. The Hall–Kier alpha value is -2.37. The van der Waals surface area contributed by atoms with Crippen LogP contribution in [0.2, 0.25) is 0 Å². The van der Waals surface area contributed by atoms with Crippen LogP contribution in [0.25, 0.3) is 10.9 Å². The number of hydrogen-bond acceptors (Lipinski definition) is 3. The van der Waals surface area contributed by atoms with E-state index in [0.29, 0.717) is 6.54 Å². The van der Waals surface area contributed by atoms with Crippen LogP contribution >= 0.6 is 0 Å². The molecule has 1 saturated heterocycles. The Bertz CT molecular complexity index is 662. The van der Waals surface area contributed by atoms with Gasteiger partial charge in [-0.15, -0.1) is 0 Å². The molecule has 1 aliphatic rings. The van der Waals surface area contributed by atoms with Crippen LogP contribution < -0.4 is 5.32 Å². The Morgan fingerprint density at radius 2 is 2.11 bits per heavy atom. The highest BCUT2D eigenvalue weighted by Gasteiger charge is 2.27. The van der Waals surface area contributed by atoms with Gasteiger partial charge in [0.15, 0.2) is 0 Å². The third-order valence-corrected chi connectivity index (χ3v) is 3.24. The van der Waals surface area contributed by atoms with Gasteiger partial charge in [-0.2, -0.15) is 5.10 Å². The molecule has 0 bridgehead atoms. The molecule has 1 fully saturated rings. The number of urea groups is 1. The number of carbonyl (C=O) groups is 2. The zero-order valence-corrected chi connectivity index (χ0v) is 10.6. The summed E-state index contributed by atoms with van der Waals surface area (Å²) in [5.74, 6) is -0.260. The summed E-state index contributed by atoms with van der Waals surface area (Å²) in [7, 11) is 0. The van der Waals surface area contributed by atoms with Crippen LogP contribution in [-0.4, -0.2) is 33.2 Å². The lowest BCUT2D eigenvalue weighted by Gasteiger charge is -2.10. The van der Waals surface area contributed by atoms with Crippen LogP contribution in [0.5, 0.6) is 0 Å². The molecule has 1 N–H and O–H groups in total. The van der Waals surface area contributed by atoms with Gasteiger partial charge in [0, 0.05) is 11.9 Å². The second-order valence-electron chi connectivity index (χ2n) is 4.49. The Balaban J connectivity index is 1.97. The molecule has 6 nitrogen and oxygen atoms in total. The fraction of sp³-hybridized carbons (Fsp3) is 0.308. The van der Waals surface area contributed by atoms with E-state index in [2.05, 4.69) is 10.4 Å². The number of hydrogen-bond donors (Lipinski definition) is 1. The minimum absolute atomic E-state index is 0.103. The molecule has 1 aromatic heterocycles. The molecule has 19 heavy (non-hydrogen) atoms. The molecular weight excluding hydrogens is 244 g/mol. The lowest BCUT2D eigenvalue weighted by Crippen LogP contribution is -2.28. The number of fused-ring (bicyclic) bond motifs is 1. The van der Waals surface area contributed by atoms with Gasteiger partial charge in [0.2, 0.25) is 5.91 Å². The maximum Gasteiger partial charge on any atom is 0.324 e. The van der Waals surface area contributed by atoms with E-state index in [1.807, 2.05) is 35.9 Å². The van der Waals surface area contributed by atoms with Gasteiger partial charge in [-0.05, 0) is 13.0 Å². The summed E-state index contributed by atoms with van der Waals surface area (Å²) in [5, 5.41) is 7.81. The number of rotatable bonds is 3. The fourth-order valence-corrected chi connectivity index (χ4v) is 2.35. The maximum atomic E-state index is 11.6. The van der Waals surface area contributed by atoms with Crippen molar-refractivity contribution in [2.24, 2.45) is 0 Å². The van der Waals surface area contributed by atoms with Crippen molar-refractivity contribution in [1.82, 2.24) is 20.0 Å². The van der Waals surface area contributed by atoms with E-state index in [9.17, 15) is 9.59 Å². The molecule has 3 rings (SSSR count). The SMILES string of the molecule is CCn1nc(CN2CC(=O)NC2=O)c2ccccc21. The highest BCUT2D eigenvalue weighted by Crippen LogP contribution is 2.20. The smallest absolute Gasteiger partial charge is 0.309 e. The fourth-order valence-electron chi connectivity index (χ4n) is 2.35. The number of amides is 3. The van der Waals surface area contributed by atoms with Crippen molar-refractivity contribution in [2.45, 2.75) is 20.0 Å². The zero-order chi connectivity index (χ0) is 13.4. The van der Waals surface area contributed by atoms with Crippen molar-refractivity contribution in [3.8, 4) is 0 Å². The Kier molecular flexibility index (Phi) is 2.70. The lowest BCUT2D eigenvalue weighted by molar-refractivity contribution is -0.118. The quantitative estimate of drug-likeness (QED) is 0.838. The molecule has 0 radical (unpaired) electrons. The van der Waals surface area contributed by atoms with Crippen LogP contribution in [0.15, 0.2) is 24.3 Å². The number of nitrogens with zero attached hydrogens (tertiary/aromatic N) is 3. The van der Waals surface area contributed by atoms with Crippen molar-refractivity contribution in [2.75, 3.05) is 6.54 Å². The standard InChI is InChI=1S/C13H14N4O2/c1-2-17-11-6-4-3-5-9(11)10(15-17)7-16-8-12(18)14-13(16)19/h3-6H,2,7-8H2,1H3,(H,14,18,19). The second kappa shape index (κ2) is 4.38. The topological polar surface area (TPSA) is 67.2 Å². The van der Waals surface area contributed by atoms with Crippen LogP contribution in [0, 0.1) is 0 Å². The van der Waals surface area contributed by atoms with Crippen molar-refractivity contribution < 1.29 is 9.59 Å². The van der Waals surface area contributed by atoms with Crippen molar-refractivity contribution in [3.63, 3.8) is 0 Å². The van der Waals surface area contributed by atoms with E-state index in [1.165, 1.54) is 4.90 Å². The third-order valence-electron chi connectivity index (χ3n) is 3.24. The van der Waals surface area contributed by atoms with E-state index in [-0.39, 0.29) is 18.5 Å². The monoisotopic (exact) mass is 258 g/mol. The molecule has 98 valence electrons. The first-order valence-corrected chi connectivity index (χ1v) is 6.22. The van der Waals surface area contributed by atoms with E-state index >= 15 is 0 Å². The van der Waals surface area contributed by atoms with Crippen molar-refractivity contribution >= 4 is 22.8 Å². The zero-order valence-electron chi connectivity index (χ0n) is 10.6. The maximum absolute atomic E-state index is 11.6. The van der Waals surface area contributed by atoms with E-state index < -0.39 is 0 Å². The average Bonchev–Trinajstić information content (AvgIpc) is 2.91. The Morgan fingerprint density at radius 1 is 1.32 bits per heavy atom. The highest BCUT2D eigenvalue weighted by molar-refractivity contribution is 6.02. The Morgan fingerprint density at radius 3 is 2.79 bits per heavy atom. The molecule has 0 spiro atoms. The lowest BCUT2D eigenvalue weighted by atomic mass is 10.2. The number of para-hydroxylation sites is 1. The highest BCUT2D eigenvalue weighted by atomic mass is 16.2. The van der Waals surface area contributed by atoms with Crippen LogP contribution in [0.3, 0.4) is 0 Å². The van der Waals surface area contributed by atoms with Crippen LogP contribution in [-0.2, 0) is 17.9 Å². The molecule has 3 amide bonds. The molecule has 0 atom stereocenters. The van der Waals surface area contributed by atoms with Gasteiger partial charge in [-0.25, -0.2) is 4.79 Å². The summed E-state index contributed by atoms with van der Waals surface area (Å²) in [6, 6.07) is 7.55. The van der Waals surface area contributed by atoms with Crippen LogP contribution in [0.4, 0.5) is 4.79 Å². The number of aryl methyl sites for hydroxylation is 1. The van der Waals surface area contributed by atoms with Gasteiger partial charge in [-0.1, -0.05) is 18.2 Å². The predicted molar refractivity (Wildman–Crippen MR) is 69.4 cm³/mol. The molecule has 0 unspecified atom stereocenters. The predicted octanol–water partition coefficient (Wildman–Crippen LogP) is 1.11. The van der Waals surface area contributed by atoms with Crippen LogP contribution in [0.1, 0.15) is 12.6 Å². The Labute approximate surface area is 110 Å². The van der Waals surface area contributed by atoms with Gasteiger partial charge < -0.3 is 4.90 Å². The number of nitrogens with one attached hydrogen (secondary N) is 1. The molecule has 1 aliphatic heterocycles.